The second-order valence-corrected chi connectivity index (χ2v) is 4.95. The molecule has 0 bridgehead atoms. The molecule has 0 saturated carbocycles. The zero-order chi connectivity index (χ0) is 13.3. The van der Waals surface area contributed by atoms with Crippen molar-refractivity contribution in [3.63, 3.8) is 0 Å². The number of rotatable bonds is 3. The summed E-state index contributed by atoms with van der Waals surface area (Å²) in [4.78, 5) is 0.975. The first kappa shape index (κ1) is 13.1. The minimum atomic E-state index is -1.48. The average molecular weight is 272 g/mol. The van der Waals surface area contributed by atoms with Gasteiger partial charge in [0.05, 0.1) is 6.04 Å². The summed E-state index contributed by atoms with van der Waals surface area (Å²) in [5, 5.41) is 1.85. The molecule has 2 aromatic rings. The monoisotopic (exact) mass is 272 g/mol. The summed E-state index contributed by atoms with van der Waals surface area (Å²) >= 11 is 1.50. The zero-order valence-corrected chi connectivity index (χ0v) is 10.3. The van der Waals surface area contributed by atoms with Crippen LogP contribution in [0.25, 0.3) is 0 Å². The fourth-order valence-electron chi connectivity index (χ4n) is 1.80. The van der Waals surface area contributed by atoms with E-state index in [1.54, 1.807) is 0 Å². The molecule has 0 aliphatic carbocycles. The summed E-state index contributed by atoms with van der Waals surface area (Å²) in [5.41, 5.74) is 3.54. The molecule has 6 heteroatoms. The molecule has 96 valence electrons. The van der Waals surface area contributed by atoms with E-state index < -0.39 is 23.5 Å². The number of hydrogen-bond donors (Lipinski definition) is 2. The van der Waals surface area contributed by atoms with Crippen LogP contribution >= 0.6 is 11.3 Å². The van der Waals surface area contributed by atoms with Crippen molar-refractivity contribution in [1.29, 1.82) is 0 Å². The van der Waals surface area contributed by atoms with Crippen molar-refractivity contribution in [2.45, 2.75) is 13.0 Å². The standard InChI is InChI=1S/C12H11F3N2S/c1-6-8(2-3-18-6)12(17-16)7-4-9(13)11(15)10(14)5-7/h2-5,12,17H,16H2,1H3. The summed E-state index contributed by atoms with van der Waals surface area (Å²) in [6.07, 6.45) is 0. The Morgan fingerprint density at radius 2 is 1.83 bits per heavy atom. The van der Waals surface area contributed by atoms with E-state index in [9.17, 15) is 13.2 Å². The Kier molecular flexibility index (Phi) is 3.70. The predicted molar refractivity (Wildman–Crippen MR) is 64.5 cm³/mol. The molecule has 1 atom stereocenters. The highest BCUT2D eigenvalue weighted by atomic mass is 32.1. The van der Waals surface area contributed by atoms with Crippen molar-refractivity contribution >= 4 is 11.3 Å². The lowest BCUT2D eigenvalue weighted by molar-refractivity contribution is 0.442. The van der Waals surface area contributed by atoms with Crippen LogP contribution in [0.15, 0.2) is 23.6 Å². The van der Waals surface area contributed by atoms with Crippen LogP contribution in [0.4, 0.5) is 13.2 Å². The maximum atomic E-state index is 13.2. The average Bonchev–Trinajstić information content (AvgIpc) is 2.74. The van der Waals surface area contributed by atoms with Gasteiger partial charge in [0.25, 0.3) is 0 Å². The van der Waals surface area contributed by atoms with Crippen molar-refractivity contribution in [2.75, 3.05) is 0 Å². The molecule has 0 spiro atoms. The van der Waals surface area contributed by atoms with Crippen molar-refractivity contribution in [2.24, 2.45) is 5.84 Å². The zero-order valence-electron chi connectivity index (χ0n) is 9.51. The molecule has 1 heterocycles. The van der Waals surface area contributed by atoms with Crippen LogP contribution in [-0.2, 0) is 0 Å². The number of halogens is 3. The highest BCUT2D eigenvalue weighted by Gasteiger charge is 2.19. The van der Waals surface area contributed by atoms with Crippen molar-refractivity contribution < 1.29 is 13.2 Å². The lowest BCUT2D eigenvalue weighted by atomic mass is 10.00. The Balaban J connectivity index is 2.49. The molecule has 1 aromatic carbocycles. The van der Waals surface area contributed by atoms with Crippen LogP contribution in [-0.4, -0.2) is 0 Å². The summed E-state index contributed by atoms with van der Waals surface area (Å²) in [6, 6.07) is 3.13. The highest BCUT2D eigenvalue weighted by Crippen LogP contribution is 2.29. The Morgan fingerprint density at radius 3 is 2.28 bits per heavy atom. The quantitative estimate of drug-likeness (QED) is 0.512. The van der Waals surface area contributed by atoms with E-state index in [-0.39, 0.29) is 5.56 Å². The van der Waals surface area contributed by atoms with Crippen LogP contribution in [0.2, 0.25) is 0 Å². The van der Waals surface area contributed by atoms with Gasteiger partial charge in [-0.25, -0.2) is 18.6 Å². The Bertz CT molecular complexity index is 545. The van der Waals surface area contributed by atoms with Gasteiger partial charge in [0, 0.05) is 4.88 Å². The largest absolute Gasteiger partial charge is 0.271 e. The first-order valence-corrected chi connectivity index (χ1v) is 6.07. The van der Waals surface area contributed by atoms with Gasteiger partial charge in [-0.2, -0.15) is 0 Å². The van der Waals surface area contributed by atoms with E-state index in [0.717, 1.165) is 22.6 Å². The number of nitrogens with one attached hydrogen (secondary N) is 1. The van der Waals surface area contributed by atoms with E-state index in [2.05, 4.69) is 5.43 Å². The summed E-state index contributed by atoms with van der Waals surface area (Å²) < 4.78 is 39.3. The number of aryl methyl sites for hydroxylation is 1. The van der Waals surface area contributed by atoms with E-state index in [1.807, 2.05) is 18.4 Å². The number of thiophene rings is 1. The van der Waals surface area contributed by atoms with Gasteiger partial charge in [-0.1, -0.05) is 0 Å². The Labute approximate surface area is 106 Å². The molecule has 0 aliphatic heterocycles. The van der Waals surface area contributed by atoms with E-state index in [0.29, 0.717) is 0 Å². The molecule has 1 unspecified atom stereocenters. The third-order valence-corrected chi connectivity index (χ3v) is 3.58. The van der Waals surface area contributed by atoms with Crippen LogP contribution < -0.4 is 11.3 Å². The number of benzene rings is 1. The van der Waals surface area contributed by atoms with E-state index >= 15 is 0 Å². The van der Waals surface area contributed by atoms with Gasteiger partial charge >= 0.3 is 0 Å². The van der Waals surface area contributed by atoms with Crippen molar-refractivity contribution in [3.8, 4) is 0 Å². The van der Waals surface area contributed by atoms with Gasteiger partial charge in [-0.15, -0.1) is 11.3 Å². The molecule has 2 rings (SSSR count). The van der Waals surface area contributed by atoms with Crippen LogP contribution in [0.3, 0.4) is 0 Å². The fraction of sp³-hybridized carbons (Fsp3) is 0.167. The molecule has 0 saturated heterocycles. The maximum absolute atomic E-state index is 13.2. The van der Waals surface area contributed by atoms with Gasteiger partial charge in [0.2, 0.25) is 0 Å². The molecule has 2 nitrogen and oxygen atoms in total. The van der Waals surface area contributed by atoms with Crippen LogP contribution in [0.5, 0.6) is 0 Å². The second kappa shape index (κ2) is 5.09. The lowest BCUT2D eigenvalue weighted by Gasteiger charge is -2.17. The smallest absolute Gasteiger partial charge is 0.194 e. The molecule has 1 aromatic heterocycles. The molecule has 0 amide bonds. The number of hydrazine groups is 1. The van der Waals surface area contributed by atoms with Gasteiger partial charge in [0.1, 0.15) is 0 Å². The summed E-state index contributed by atoms with van der Waals surface area (Å²) in [7, 11) is 0. The molecule has 18 heavy (non-hydrogen) atoms. The van der Waals surface area contributed by atoms with Gasteiger partial charge < -0.3 is 0 Å². The molecule has 3 N–H and O–H groups in total. The summed E-state index contributed by atoms with van der Waals surface area (Å²) in [6.45, 7) is 1.88. The minimum Gasteiger partial charge on any atom is -0.271 e. The Morgan fingerprint density at radius 1 is 1.22 bits per heavy atom. The van der Waals surface area contributed by atoms with Gasteiger partial charge in [0.15, 0.2) is 17.5 Å². The third kappa shape index (κ3) is 2.27. The molecule has 0 aliphatic rings. The van der Waals surface area contributed by atoms with Crippen LogP contribution in [0.1, 0.15) is 22.0 Å². The lowest BCUT2D eigenvalue weighted by Crippen LogP contribution is -2.29. The van der Waals surface area contributed by atoms with Crippen molar-refractivity contribution in [1.82, 2.24) is 5.43 Å². The van der Waals surface area contributed by atoms with Gasteiger partial charge in [-0.3, -0.25) is 5.84 Å². The fourth-order valence-corrected chi connectivity index (χ4v) is 2.54. The minimum absolute atomic E-state index is 0.246. The normalized spacial score (nSPS) is 12.7. The Hall–Kier alpha value is -1.37. The summed E-state index contributed by atoms with van der Waals surface area (Å²) in [5.74, 6) is 1.50. The number of nitrogens with two attached hydrogens (primary N) is 1. The molecule has 0 fully saturated rings. The predicted octanol–water partition coefficient (Wildman–Crippen LogP) is 3.03. The number of hydrogen-bond acceptors (Lipinski definition) is 3. The third-order valence-electron chi connectivity index (χ3n) is 2.72. The first-order valence-electron chi connectivity index (χ1n) is 5.19. The topological polar surface area (TPSA) is 38.0 Å². The van der Waals surface area contributed by atoms with Gasteiger partial charge in [-0.05, 0) is 41.6 Å². The second-order valence-electron chi connectivity index (χ2n) is 3.83. The molecular weight excluding hydrogens is 261 g/mol. The molecular formula is C12H11F3N2S. The van der Waals surface area contributed by atoms with E-state index in [4.69, 9.17) is 5.84 Å². The first-order chi connectivity index (χ1) is 8.54. The molecule has 0 radical (unpaired) electrons. The van der Waals surface area contributed by atoms with Crippen LogP contribution in [0, 0.1) is 24.4 Å². The SMILES string of the molecule is Cc1sccc1C(NN)c1cc(F)c(F)c(F)c1. The van der Waals surface area contributed by atoms with E-state index in [1.165, 1.54) is 11.3 Å². The maximum Gasteiger partial charge on any atom is 0.194 e. The highest BCUT2D eigenvalue weighted by molar-refractivity contribution is 7.10. The van der Waals surface area contributed by atoms with Crippen molar-refractivity contribution in [3.05, 3.63) is 57.0 Å².